The molecule has 10 heteroatoms. The van der Waals surface area contributed by atoms with Gasteiger partial charge in [-0.15, -0.1) is 0 Å². The van der Waals surface area contributed by atoms with Gasteiger partial charge in [-0.2, -0.15) is 0 Å². The fraction of sp³-hybridized carbons (Fsp3) is 0.786. The first-order valence-electron chi connectivity index (χ1n) is 14.3. The summed E-state index contributed by atoms with van der Waals surface area (Å²) in [6, 6.07) is 0. The molecule has 0 rings (SSSR count). The fourth-order valence-corrected chi connectivity index (χ4v) is 4.23. The molecule has 0 heterocycles. The van der Waals surface area contributed by atoms with Crippen LogP contribution in [0.1, 0.15) is 110 Å². The van der Waals surface area contributed by atoms with E-state index in [9.17, 15) is 19.0 Å². The number of ether oxygens (including phenoxy) is 2. The van der Waals surface area contributed by atoms with E-state index in [0.29, 0.717) is 6.42 Å². The van der Waals surface area contributed by atoms with Crippen LogP contribution in [0.5, 0.6) is 0 Å². The lowest BCUT2D eigenvalue weighted by atomic mass is 10.1. The predicted molar refractivity (Wildman–Crippen MR) is 151 cm³/mol. The topological polar surface area (TPSA) is 134 Å². The maximum absolute atomic E-state index is 12.2. The quantitative estimate of drug-likeness (QED) is 0.0522. The zero-order chi connectivity index (χ0) is 28.3. The zero-order valence-electron chi connectivity index (χ0n) is 23.7. The molecule has 9 nitrogen and oxygen atoms in total. The molecule has 0 bridgehead atoms. The van der Waals surface area contributed by atoms with Crippen molar-refractivity contribution in [1.82, 2.24) is 0 Å². The zero-order valence-corrected chi connectivity index (χ0v) is 24.5. The lowest BCUT2D eigenvalue weighted by molar-refractivity contribution is -0.161. The first kappa shape index (κ1) is 36.5. The molecule has 0 aliphatic rings. The highest BCUT2D eigenvalue weighted by molar-refractivity contribution is 7.47. The molecule has 0 radical (unpaired) electrons. The Hall–Kier alpha value is -1.51. The van der Waals surface area contributed by atoms with Gasteiger partial charge in [0.05, 0.1) is 13.2 Å². The van der Waals surface area contributed by atoms with Crippen LogP contribution >= 0.6 is 7.82 Å². The van der Waals surface area contributed by atoms with Crippen LogP contribution < -0.4 is 5.73 Å². The first-order valence-corrected chi connectivity index (χ1v) is 15.8. The number of allylic oxidation sites excluding steroid dienone is 4. The van der Waals surface area contributed by atoms with Gasteiger partial charge in [-0.05, 0) is 38.5 Å². The highest BCUT2D eigenvalue weighted by Crippen LogP contribution is 2.43. The van der Waals surface area contributed by atoms with Crippen molar-refractivity contribution < 1.29 is 37.6 Å². The molecule has 2 unspecified atom stereocenters. The molecule has 2 atom stereocenters. The van der Waals surface area contributed by atoms with Gasteiger partial charge in [-0.25, -0.2) is 4.57 Å². The number of rotatable bonds is 26. The van der Waals surface area contributed by atoms with Crippen LogP contribution in [-0.4, -0.2) is 49.3 Å². The molecule has 222 valence electrons. The minimum absolute atomic E-state index is 0.0507. The molecule has 0 amide bonds. The number of hydrogen-bond acceptors (Lipinski definition) is 8. The Morgan fingerprint density at radius 3 is 2.03 bits per heavy atom. The highest BCUT2D eigenvalue weighted by atomic mass is 31.2. The summed E-state index contributed by atoms with van der Waals surface area (Å²) in [6.07, 6.45) is 23.0. The Balaban J connectivity index is 3.96. The van der Waals surface area contributed by atoms with Crippen molar-refractivity contribution in [2.45, 2.75) is 116 Å². The third-order valence-electron chi connectivity index (χ3n) is 5.64. The number of esters is 2. The number of carbonyl (C=O) groups is 2. The van der Waals surface area contributed by atoms with Gasteiger partial charge < -0.3 is 20.1 Å². The molecule has 0 saturated carbocycles. The SMILES string of the molecule is CCCCC/C=C\C/C=C\CCCCCCCCCC(=O)OC(COC(=O)CC)COP(=O)(O)OCCN. The summed E-state index contributed by atoms with van der Waals surface area (Å²) in [7, 11) is -4.33. The average molecular weight is 562 g/mol. The van der Waals surface area contributed by atoms with Crippen LogP contribution in [0, 0.1) is 0 Å². The third kappa shape index (κ3) is 24.8. The Morgan fingerprint density at radius 1 is 0.816 bits per heavy atom. The summed E-state index contributed by atoms with van der Waals surface area (Å²) in [5, 5.41) is 0. The minimum atomic E-state index is -4.33. The summed E-state index contributed by atoms with van der Waals surface area (Å²) >= 11 is 0. The molecule has 0 aromatic heterocycles. The van der Waals surface area contributed by atoms with Crippen LogP contribution in [-0.2, 0) is 32.7 Å². The van der Waals surface area contributed by atoms with E-state index in [1.165, 1.54) is 44.9 Å². The summed E-state index contributed by atoms with van der Waals surface area (Å²) in [5.74, 6) is -0.941. The smallest absolute Gasteiger partial charge is 0.462 e. The van der Waals surface area contributed by atoms with Crippen LogP contribution in [0.15, 0.2) is 24.3 Å². The van der Waals surface area contributed by atoms with E-state index < -0.39 is 32.5 Å². The molecular weight excluding hydrogens is 509 g/mol. The van der Waals surface area contributed by atoms with Crippen molar-refractivity contribution in [2.24, 2.45) is 5.73 Å². The average Bonchev–Trinajstić information content (AvgIpc) is 2.90. The van der Waals surface area contributed by atoms with E-state index in [4.69, 9.17) is 19.7 Å². The van der Waals surface area contributed by atoms with Gasteiger partial charge in [0.1, 0.15) is 6.61 Å². The second kappa shape index (κ2) is 25.8. The standard InChI is InChI=1S/C28H52NO8P/c1-3-5-6-7-8-9-10-11-12-13-14-15-16-17-18-19-20-21-28(31)37-26(24-34-27(30)4-2)25-36-38(32,33)35-23-22-29/h8-9,11-12,26H,3-7,10,13-25,29H2,1-2H3,(H,32,33)/b9-8-,12-11-. The van der Waals surface area contributed by atoms with E-state index in [-0.39, 0.29) is 32.6 Å². The van der Waals surface area contributed by atoms with Crippen molar-refractivity contribution in [3.8, 4) is 0 Å². The molecule has 0 aromatic carbocycles. The summed E-state index contributed by atoms with van der Waals surface area (Å²) in [6.45, 7) is 3.05. The van der Waals surface area contributed by atoms with Crippen molar-refractivity contribution in [1.29, 1.82) is 0 Å². The molecule has 0 aromatic rings. The number of phosphoric ester groups is 1. The lowest BCUT2D eigenvalue weighted by Crippen LogP contribution is -2.29. The monoisotopic (exact) mass is 561 g/mol. The van der Waals surface area contributed by atoms with Crippen molar-refractivity contribution >= 4 is 19.8 Å². The van der Waals surface area contributed by atoms with E-state index in [0.717, 1.165) is 32.1 Å². The summed E-state index contributed by atoms with van der Waals surface area (Å²) < 4.78 is 31.6. The van der Waals surface area contributed by atoms with Crippen LogP contribution in [0.2, 0.25) is 0 Å². The summed E-state index contributed by atoms with van der Waals surface area (Å²) in [4.78, 5) is 33.3. The highest BCUT2D eigenvalue weighted by Gasteiger charge is 2.25. The molecule has 0 aliphatic heterocycles. The minimum Gasteiger partial charge on any atom is -0.462 e. The number of hydrogen-bond donors (Lipinski definition) is 2. The fourth-order valence-electron chi connectivity index (χ4n) is 3.47. The number of unbranched alkanes of at least 4 members (excludes halogenated alkanes) is 10. The van der Waals surface area contributed by atoms with Crippen LogP contribution in [0.25, 0.3) is 0 Å². The van der Waals surface area contributed by atoms with Gasteiger partial charge in [-0.3, -0.25) is 18.6 Å². The largest absolute Gasteiger partial charge is 0.472 e. The van der Waals surface area contributed by atoms with Gasteiger partial charge in [-0.1, -0.05) is 83.1 Å². The van der Waals surface area contributed by atoms with Gasteiger partial charge in [0.15, 0.2) is 6.10 Å². The van der Waals surface area contributed by atoms with Gasteiger partial charge >= 0.3 is 19.8 Å². The number of phosphoric acid groups is 1. The molecular formula is C28H52NO8P. The third-order valence-corrected chi connectivity index (χ3v) is 6.63. The van der Waals surface area contributed by atoms with Gasteiger partial charge in [0, 0.05) is 19.4 Å². The molecule has 0 aliphatic carbocycles. The second-order valence-corrected chi connectivity index (χ2v) is 10.7. The maximum atomic E-state index is 12.2. The van der Waals surface area contributed by atoms with Crippen LogP contribution in [0.4, 0.5) is 0 Å². The van der Waals surface area contributed by atoms with E-state index in [2.05, 4.69) is 35.8 Å². The van der Waals surface area contributed by atoms with E-state index in [1.54, 1.807) is 6.92 Å². The number of carbonyl (C=O) groups excluding carboxylic acids is 2. The van der Waals surface area contributed by atoms with Crippen molar-refractivity contribution in [2.75, 3.05) is 26.4 Å². The van der Waals surface area contributed by atoms with E-state index >= 15 is 0 Å². The van der Waals surface area contributed by atoms with Crippen molar-refractivity contribution in [3.63, 3.8) is 0 Å². The first-order chi connectivity index (χ1) is 18.3. The number of nitrogens with two attached hydrogens (primary N) is 1. The van der Waals surface area contributed by atoms with Gasteiger partial charge in [0.2, 0.25) is 0 Å². The Labute approximate surface area is 230 Å². The summed E-state index contributed by atoms with van der Waals surface area (Å²) in [5.41, 5.74) is 5.25. The van der Waals surface area contributed by atoms with E-state index in [1.807, 2.05) is 0 Å². The molecule has 3 N–H and O–H groups in total. The Kier molecular flexibility index (Phi) is 24.7. The van der Waals surface area contributed by atoms with Crippen molar-refractivity contribution in [3.05, 3.63) is 24.3 Å². The lowest BCUT2D eigenvalue weighted by Gasteiger charge is -2.19. The second-order valence-electron chi connectivity index (χ2n) is 9.22. The Bertz CT molecular complexity index is 698. The normalized spacial score (nSPS) is 14.1. The Morgan fingerprint density at radius 2 is 1.42 bits per heavy atom. The molecule has 38 heavy (non-hydrogen) atoms. The predicted octanol–water partition coefficient (Wildman–Crippen LogP) is 6.54. The molecule has 0 fully saturated rings. The van der Waals surface area contributed by atoms with Gasteiger partial charge in [0.25, 0.3) is 0 Å². The molecule has 0 spiro atoms. The maximum Gasteiger partial charge on any atom is 0.472 e. The molecule has 0 saturated heterocycles. The van der Waals surface area contributed by atoms with Crippen LogP contribution in [0.3, 0.4) is 0 Å².